The molecule has 1 aromatic heterocycles. The molecule has 0 saturated carbocycles. The maximum absolute atomic E-state index is 14.5. The molecular weight excluding hydrogens is 521 g/mol. The van der Waals surface area contributed by atoms with Crippen LogP contribution in [-0.2, 0) is 21.7 Å². The number of hydrogen-bond acceptors (Lipinski definition) is 5. The van der Waals surface area contributed by atoms with Crippen molar-refractivity contribution >= 4 is 5.91 Å². The van der Waals surface area contributed by atoms with E-state index in [2.05, 4.69) is 16.4 Å². The second-order valence-electron chi connectivity index (χ2n) is 10.6. The van der Waals surface area contributed by atoms with Gasteiger partial charge in [-0.05, 0) is 42.9 Å². The number of para-hydroxylation sites is 1. The van der Waals surface area contributed by atoms with Crippen LogP contribution in [0, 0.1) is 5.41 Å². The van der Waals surface area contributed by atoms with E-state index in [1.807, 2.05) is 29.0 Å². The van der Waals surface area contributed by atoms with Crippen molar-refractivity contribution in [3.63, 3.8) is 0 Å². The second-order valence-corrected chi connectivity index (χ2v) is 10.6. The fourth-order valence-electron chi connectivity index (χ4n) is 6.37. The van der Waals surface area contributed by atoms with Crippen molar-refractivity contribution in [2.75, 3.05) is 39.9 Å². The van der Waals surface area contributed by atoms with Crippen molar-refractivity contribution in [1.29, 1.82) is 0 Å². The summed E-state index contributed by atoms with van der Waals surface area (Å²) in [5, 5.41) is 3.50. The lowest BCUT2D eigenvalue weighted by Gasteiger charge is -2.51. The Bertz CT molecular complexity index is 1260. The number of likely N-dealkylation sites (tertiary alicyclic amines) is 1. The standard InChI is InChI=1S/C30H35F3N4O3/c1-39-29(30(31,32)33,23-7-3-2-4-8-23)27(38)37-16-12-28(13-17-37)11-14-34-21-25(28)24-9-5-6-10-26(24)40-20-19-36-18-15-35-22-36/h2-10,15,18,22,25,34H,11-14,16-17,19-21H2,1H3/t25?,29-/m1/s1. The van der Waals surface area contributed by atoms with Crippen LogP contribution in [0.1, 0.15) is 36.3 Å². The molecule has 2 atom stereocenters. The topological polar surface area (TPSA) is 68.6 Å². The van der Waals surface area contributed by atoms with Gasteiger partial charge in [0.25, 0.3) is 11.5 Å². The fraction of sp³-hybridized carbons (Fsp3) is 0.467. The van der Waals surface area contributed by atoms with Gasteiger partial charge in [0.1, 0.15) is 12.4 Å². The van der Waals surface area contributed by atoms with Gasteiger partial charge in [0.05, 0.1) is 12.9 Å². The molecule has 7 nitrogen and oxygen atoms in total. The molecule has 2 fully saturated rings. The van der Waals surface area contributed by atoms with Crippen LogP contribution in [0.25, 0.3) is 0 Å². The summed E-state index contributed by atoms with van der Waals surface area (Å²) < 4.78 is 56.8. The van der Waals surface area contributed by atoms with Gasteiger partial charge in [-0.1, -0.05) is 48.5 Å². The van der Waals surface area contributed by atoms with Crippen LogP contribution >= 0.6 is 0 Å². The molecule has 1 unspecified atom stereocenters. The van der Waals surface area contributed by atoms with Crippen molar-refractivity contribution in [1.82, 2.24) is 19.8 Å². The smallest absolute Gasteiger partial charge is 0.430 e. The summed E-state index contributed by atoms with van der Waals surface area (Å²) in [4.78, 5) is 19.0. The van der Waals surface area contributed by atoms with E-state index in [9.17, 15) is 18.0 Å². The Morgan fingerprint density at radius 2 is 1.80 bits per heavy atom. The minimum absolute atomic E-state index is 0.104. The Morgan fingerprint density at radius 1 is 1.07 bits per heavy atom. The highest BCUT2D eigenvalue weighted by Crippen LogP contribution is 2.51. The van der Waals surface area contributed by atoms with Gasteiger partial charge in [0.15, 0.2) is 0 Å². The fourth-order valence-corrected chi connectivity index (χ4v) is 6.37. The monoisotopic (exact) mass is 556 g/mol. The normalized spacial score (nSPS) is 20.7. The number of piperidine rings is 2. The van der Waals surface area contributed by atoms with Gasteiger partial charge in [-0.15, -0.1) is 0 Å². The van der Waals surface area contributed by atoms with Crippen LogP contribution in [0.3, 0.4) is 0 Å². The average molecular weight is 557 g/mol. The largest absolute Gasteiger partial charge is 0.491 e. The first-order valence-corrected chi connectivity index (χ1v) is 13.7. The minimum Gasteiger partial charge on any atom is -0.491 e. The minimum atomic E-state index is -4.92. The molecular formula is C30H35F3N4O3. The maximum Gasteiger partial charge on any atom is 0.430 e. The Labute approximate surface area is 232 Å². The molecule has 2 saturated heterocycles. The van der Waals surface area contributed by atoms with Gasteiger partial charge in [-0.2, -0.15) is 13.2 Å². The summed E-state index contributed by atoms with van der Waals surface area (Å²) in [6, 6.07) is 15.2. The Kier molecular flexibility index (Phi) is 8.19. The van der Waals surface area contributed by atoms with Crippen LogP contribution in [0.4, 0.5) is 13.2 Å². The van der Waals surface area contributed by atoms with Crippen molar-refractivity contribution in [3.8, 4) is 5.75 Å². The average Bonchev–Trinajstić information content (AvgIpc) is 3.48. The molecule has 0 aliphatic carbocycles. The number of imidazole rings is 1. The predicted molar refractivity (Wildman–Crippen MR) is 144 cm³/mol. The first-order chi connectivity index (χ1) is 19.3. The van der Waals surface area contributed by atoms with Gasteiger partial charge < -0.3 is 24.3 Å². The zero-order valence-corrected chi connectivity index (χ0v) is 22.6. The molecule has 0 radical (unpaired) electrons. The molecule has 10 heteroatoms. The van der Waals surface area contributed by atoms with Crippen molar-refractivity contribution in [2.24, 2.45) is 5.41 Å². The lowest BCUT2D eigenvalue weighted by atomic mass is 9.62. The summed E-state index contributed by atoms with van der Waals surface area (Å²) in [5.41, 5.74) is -2.32. The number of halogens is 3. The predicted octanol–water partition coefficient (Wildman–Crippen LogP) is 4.75. The van der Waals surface area contributed by atoms with Gasteiger partial charge >= 0.3 is 6.18 Å². The number of amides is 1. The van der Waals surface area contributed by atoms with E-state index in [1.165, 1.54) is 29.2 Å². The van der Waals surface area contributed by atoms with Crippen LogP contribution in [0.15, 0.2) is 73.3 Å². The van der Waals surface area contributed by atoms with Crippen LogP contribution in [0.5, 0.6) is 5.75 Å². The third kappa shape index (κ3) is 5.22. The summed E-state index contributed by atoms with van der Waals surface area (Å²) >= 11 is 0. The first-order valence-electron chi connectivity index (χ1n) is 13.7. The molecule has 1 spiro atoms. The summed E-state index contributed by atoms with van der Waals surface area (Å²) in [7, 11) is 0.955. The van der Waals surface area contributed by atoms with Crippen molar-refractivity contribution in [2.45, 2.75) is 43.5 Å². The maximum atomic E-state index is 14.5. The van der Waals surface area contributed by atoms with E-state index in [0.29, 0.717) is 26.0 Å². The van der Waals surface area contributed by atoms with Crippen LogP contribution < -0.4 is 10.1 Å². The van der Waals surface area contributed by atoms with E-state index < -0.39 is 17.7 Å². The number of carbonyl (C=O) groups is 1. The molecule has 2 aromatic carbocycles. The Hall–Kier alpha value is -3.37. The number of benzene rings is 2. The van der Waals surface area contributed by atoms with E-state index in [0.717, 1.165) is 37.9 Å². The molecule has 5 rings (SSSR count). The quantitative estimate of drug-likeness (QED) is 0.434. The molecule has 1 amide bonds. The number of nitrogens with zero attached hydrogens (tertiary/aromatic N) is 3. The van der Waals surface area contributed by atoms with Gasteiger partial charge in [-0.25, -0.2) is 4.98 Å². The highest BCUT2D eigenvalue weighted by Gasteiger charge is 2.64. The van der Waals surface area contributed by atoms with Gasteiger partial charge in [0.2, 0.25) is 0 Å². The highest BCUT2D eigenvalue weighted by atomic mass is 19.4. The number of aromatic nitrogens is 2. The number of carbonyl (C=O) groups excluding carboxylic acids is 1. The summed E-state index contributed by atoms with van der Waals surface area (Å²) in [6.07, 6.45) is 2.52. The van der Waals surface area contributed by atoms with E-state index in [4.69, 9.17) is 9.47 Å². The Balaban J connectivity index is 1.35. The number of alkyl halides is 3. The highest BCUT2D eigenvalue weighted by molar-refractivity contribution is 5.88. The lowest BCUT2D eigenvalue weighted by Crippen LogP contribution is -2.59. The van der Waals surface area contributed by atoms with Crippen molar-refractivity contribution in [3.05, 3.63) is 84.4 Å². The Morgan fingerprint density at radius 3 is 2.48 bits per heavy atom. The number of nitrogens with one attached hydrogen (secondary N) is 1. The van der Waals surface area contributed by atoms with Crippen LogP contribution in [0.2, 0.25) is 0 Å². The third-order valence-electron chi connectivity index (χ3n) is 8.58. The van der Waals surface area contributed by atoms with E-state index >= 15 is 0 Å². The molecule has 1 N–H and O–H groups in total. The number of hydrogen-bond donors (Lipinski definition) is 1. The van der Waals surface area contributed by atoms with E-state index in [-0.39, 0.29) is 30.0 Å². The molecule has 214 valence electrons. The summed E-state index contributed by atoms with van der Waals surface area (Å²) in [5.74, 6) is -0.141. The number of rotatable bonds is 8. The molecule has 2 aliphatic heterocycles. The second kappa shape index (κ2) is 11.6. The third-order valence-corrected chi connectivity index (χ3v) is 8.58. The zero-order chi connectivity index (χ0) is 28.2. The van der Waals surface area contributed by atoms with Crippen LogP contribution in [-0.4, -0.2) is 66.4 Å². The lowest BCUT2D eigenvalue weighted by molar-refractivity contribution is -0.271. The first kappa shape index (κ1) is 28.2. The zero-order valence-electron chi connectivity index (χ0n) is 22.6. The molecule has 3 heterocycles. The van der Waals surface area contributed by atoms with Crippen molar-refractivity contribution < 1.29 is 27.4 Å². The molecule has 3 aromatic rings. The number of ether oxygens (including phenoxy) is 2. The van der Waals surface area contributed by atoms with Gasteiger partial charge in [0, 0.05) is 50.6 Å². The number of methoxy groups -OCH3 is 1. The van der Waals surface area contributed by atoms with E-state index in [1.54, 1.807) is 18.6 Å². The SMILES string of the molecule is CO[C@@](C(=O)N1CCC2(CCNCC2c2ccccc2OCCn2ccnc2)CC1)(c1ccccc1)C(F)(F)F. The summed E-state index contributed by atoms with van der Waals surface area (Å²) in [6.45, 7) is 3.17. The van der Waals surface area contributed by atoms with Gasteiger partial charge in [-0.3, -0.25) is 4.79 Å². The molecule has 2 aliphatic rings. The molecule has 40 heavy (non-hydrogen) atoms. The molecule has 0 bridgehead atoms.